The molecule has 0 amide bonds. The molecule has 0 unspecified atom stereocenters. The highest BCUT2D eigenvalue weighted by Crippen LogP contribution is 2.25. The number of hydrogen-bond acceptors (Lipinski definition) is 4. The first-order chi connectivity index (χ1) is 10.4. The molecule has 0 saturated carbocycles. The molecule has 0 bridgehead atoms. The molecule has 4 heteroatoms. The molecule has 0 aromatic heterocycles. The topological polar surface area (TPSA) is 52.6 Å². The van der Waals surface area contributed by atoms with Gasteiger partial charge < -0.3 is 9.47 Å². The van der Waals surface area contributed by atoms with Crippen molar-refractivity contribution in [3.63, 3.8) is 0 Å². The lowest BCUT2D eigenvalue weighted by Crippen LogP contribution is -2.26. The van der Waals surface area contributed by atoms with Gasteiger partial charge in [0.25, 0.3) is 0 Å². The summed E-state index contributed by atoms with van der Waals surface area (Å²) in [7, 11) is 1.54. The summed E-state index contributed by atoms with van der Waals surface area (Å²) in [5.74, 6) is 0.874. The Bertz CT molecular complexity index is 355. The fourth-order valence-electron chi connectivity index (χ4n) is 2.49. The second-order valence-electron chi connectivity index (χ2n) is 8.80. The summed E-state index contributed by atoms with van der Waals surface area (Å²) in [5.41, 5.74) is 0.227. The average Bonchev–Trinajstić information content (AvgIpc) is 2.36. The minimum Gasteiger partial charge on any atom is -0.381 e. The molecule has 136 valence electrons. The first kappa shape index (κ1) is 22.3. The van der Waals surface area contributed by atoms with Crippen LogP contribution in [0.5, 0.6) is 0 Å². The third-order valence-electron chi connectivity index (χ3n) is 3.41. The maximum absolute atomic E-state index is 11.8. The first-order valence-electron chi connectivity index (χ1n) is 8.56. The molecule has 0 aromatic rings. The van der Waals surface area contributed by atoms with E-state index in [-0.39, 0.29) is 29.1 Å². The van der Waals surface area contributed by atoms with Gasteiger partial charge in [-0.1, -0.05) is 41.5 Å². The molecule has 1 rings (SSSR count). The van der Waals surface area contributed by atoms with Crippen LogP contribution in [-0.4, -0.2) is 38.5 Å². The van der Waals surface area contributed by atoms with E-state index in [1.807, 2.05) is 20.8 Å². The average molecular weight is 328 g/mol. The highest BCUT2D eigenvalue weighted by molar-refractivity contribution is 5.81. The van der Waals surface area contributed by atoms with E-state index >= 15 is 0 Å². The van der Waals surface area contributed by atoms with Crippen LogP contribution >= 0.6 is 0 Å². The van der Waals surface area contributed by atoms with Crippen LogP contribution < -0.4 is 0 Å². The van der Waals surface area contributed by atoms with Crippen LogP contribution in [0.2, 0.25) is 0 Å². The van der Waals surface area contributed by atoms with E-state index < -0.39 is 0 Å². The van der Waals surface area contributed by atoms with Crippen molar-refractivity contribution in [2.24, 2.45) is 16.7 Å². The molecular weight excluding hydrogens is 292 g/mol. The lowest BCUT2D eigenvalue weighted by Gasteiger charge is -2.24. The molecule has 0 atom stereocenters. The summed E-state index contributed by atoms with van der Waals surface area (Å²) in [6.45, 7) is 14.2. The zero-order valence-corrected chi connectivity index (χ0v) is 16.2. The molecule has 0 aliphatic carbocycles. The normalized spacial score (nSPS) is 16.5. The van der Waals surface area contributed by atoms with Gasteiger partial charge in [0.15, 0.2) is 5.78 Å². The van der Waals surface area contributed by atoms with Crippen molar-refractivity contribution in [2.75, 3.05) is 26.9 Å². The van der Waals surface area contributed by atoms with E-state index in [0.717, 1.165) is 26.1 Å². The molecule has 1 fully saturated rings. The van der Waals surface area contributed by atoms with Crippen molar-refractivity contribution in [3.05, 3.63) is 0 Å². The maximum Gasteiger partial charge on any atom is 0.158 e. The fraction of sp³-hybridized carbons (Fsp3) is 0.895. The first-order valence-corrected chi connectivity index (χ1v) is 8.56. The Labute approximate surface area is 142 Å². The van der Waals surface area contributed by atoms with Crippen LogP contribution in [0.3, 0.4) is 0 Å². The maximum atomic E-state index is 11.8. The Morgan fingerprint density at radius 2 is 1.43 bits per heavy atom. The lowest BCUT2D eigenvalue weighted by atomic mass is 9.83. The van der Waals surface area contributed by atoms with Gasteiger partial charge in [-0.3, -0.25) is 9.59 Å². The van der Waals surface area contributed by atoms with Crippen LogP contribution in [0.15, 0.2) is 0 Å². The minimum absolute atomic E-state index is 0.0929. The number of ketones is 2. The van der Waals surface area contributed by atoms with Crippen LogP contribution in [-0.2, 0) is 19.1 Å². The lowest BCUT2D eigenvalue weighted by molar-refractivity contribution is -0.127. The fourth-order valence-corrected chi connectivity index (χ4v) is 2.49. The van der Waals surface area contributed by atoms with E-state index in [0.29, 0.717) is 18.6 Å². The van der Waals surface area contributed by atoms with E-state index in [2.05, 4.69) is 20.8 Å². The van der Waals surface area contributed by atoms with E-state index in [1.54, 1.807) is 7.11 Å². The molecule has 0 N–H and O–H groups in total. The van der Waals surface area contributed by atoms with Crippen molar-refractivity contribution >= 4 is 11.6 Å². The summed E-state index contributed by atoms with van der Waals surface area (Å²) in [6.07, 6.45) is 3.16. The van der Waals surface area contributed by atoms with Crippen molar-refractivity contribution in [2.45, 2.75) is 67.2 Å². The van der Waals surface area contributed by atoms with Crippen molar-refractivity contribution in [1.82, 2.24) is 0 Å². The standard InChI is InChI=1S/C11H20O2.C8H16O2/c1-11(2,3)8-10(12)9-4-6-13-7-5-9;1-8(2,3)5-7(9)6-10-4/h9H,4-8H2,1-3H3;5-6H2,1-4H3. The van der Waals surface area contributed by atoms with Crippen molar-refractivity contribution < 1.29 is 19.1 Å². The van der Waals surface area contributed by atoms with Gasteiger partial charge in [-0.25, -0.2) is 0 Å². The number of hydrogen-bond donors (Lipinski definition) is 0. The Balaban J connectivity index is 0.000000438. The molecule has 23 heavy (non-hydrogen) atoms. The SMILES string of the molecule is CC(C)(C)CC(=O)C1CCOCC1.COCC(=O)CC(C)(C)C. The Kier molecular flexibility index (Phi) is 9.86. The van der Waals surface area contributed by atoms with Gasteiger partial charge in [0.1, 0.15) is 12.4 Å². The van der Waals surface area contributed by atoms with E-state index in [9.17, 15) is 9.59 Å². The molecule has 1 heterocycles. The summed E-state index contributed by atoms with van der Waals surface area (Å²) in [6, 6.07) is 0. The summed E-state index contributed by atoms with van der Waals surface area (Å²) >= 11 is 0. The Hall–Kier alpha value is -0.740. The number of carbonyl (C=O) groups excluding carboxylic acids is 2. The summed E-state index contributed by atoms with van der Waals surface area (Å²) in [5, 5.41) is 0. The number of carbonyl (C=O) groups is 2. The zero-order valence-electron chi connectivity index (χ0n) is 16.2. The van der Waals surface area contributed by atoms with Gasteiger partial charge >= 0.3 is 0 Å². The molecule has 1 aliphatic rings. The van der Waals surface area contributed by atoms with E-state index in [1.165, 1.54) is 0 Å². The van der Waals surface area contributed by atoms with Gasteiger partial charge in [-0.2, -0.15) is 0 Å². The predicted octanol–water partition coefficient (Wildman–Crippen LogP) is 4.06. The van der Waals surface area contributed by atoms with Crippen LogP contribution in [0, 0.1) is 16.7 Å². The molecule has 0 radical (unpaired) electrons. The minimum atomic E-state index is 0.0929. The quantitative estimate of drug-likeness (QED) is 0.764. The van der Waals surface area contributed by atoms with Crippen molar-refractivity contribution in [3.8, 4) is 0 Å². The van der Waals surface area contributed by atoms with Gasteiger partial charge in [0, 0.05) is 39.1 Å². The third kappa shape index (κ3) is 13.4. The van der Waals surface area contributed by atoms with Gasteiger partial charge in [0.2, 0.25) is 0 Å². The number of Topliss-reactive ketones (excluding diaryl/α,β-unsaturated/α-hetero) is 2. The molecule has 0 aromatic carbocycles. The van der Waals surface area contributed by atoms with Gasteiger partial charge in [-0.05, 0) is 23.7 Å². The van der Waals surface area contributed by atoms with Gasteiger partial charge in [0.05, 0.1) is 0 Å². The van der Waals surface area contributed by atoms with Crippen LogP contribution in [0.25, 0.3) is 0 Å². The monoisotopic (exact) mass is 328 g/mol. The summed E-state index contributed by atoms with van der Waals surface area (Å²) in [4.78, 5) is 22.7. The van der Waals surface area contributed by atoms with Gasteiger partial charge in [-0.15, -0.1) is 0 Å². The molecule has 0 spiro atoms. The number of methoxy groups -OCH3 is 1. The largest absolute Gasteiger partial charge is 0.381 e. The third-order valence-corrected chi connectivity index (χ3v) is 3.41. The van der Waals surface area contributed by atoms with Crippen LogP contribution in [0.4, 0.5) is 0 Å². The molecule has 1 saturated heterocycles. The van der Waals surface area contributed by atoms with Crippen LogP contribution in [0.1, 0.15) is 67.2 Å². The predicted molar refractivity (Wildman–Crippen MR) is 93.6 cm³/mol. The van der Waals surface area contributed by atoms with E-state index in [4.69, 9.17) is 9.47 Å². The molecule has 4 nitrogen and oxygen atoms in total. The Morgan fingerprint density at radius 3 is 1.83 bits per heavy atom. The second-order valence-corrected chi connectivity index (χ2v) is 8.80. The highest BCUT2D eigenvalue weighted by atomic mass is 16.5. The smallest absolute Gasteiger partial charge is 0.158 e. The number of rotatable bonds is 5. The Morgan fingerprint density at radius 1 is 0.957 bits per heavy atom. The zero-order chi connectivity index (χ0) is 18.1. The van der Waals surface area contributed by atoms with Crippen molar-refractivity contribution in [1.29, 1.82) is 0 Å². The molecule has 1 aliphatic heterocycles. The summed E-state index contributed by atoms with van der Waals surface area (Å²) < 4.78 is 9.93. The second kappa shape index (κ2) is 10.2. The molecular formula is C19H36O4. The highest BCUT2D eigenvalue weighted by Gasteiger charge is 2.25. The number of ether oxygens (including phenoxy) is 2.